The highest BCUT2D eigenvalue weighted by molar-refractivity contribution is 6.74. The Kier molecular flexibility index (Phi) is 8.31. The molecule has 4 aromatic carbocycles. The number of hydrogen-bond donors (Lipinski definition) is 7. The van der Waals surface area contributed by atoms with Crippen LogP contribution in [0.25, 0.3) is 11.1 Å². The molecule has 12 heteroatoms. The van der Waals surface area contributed by atoms with Gasteiger partial charge in [-0.2, -0.15) is 0 Å². The van der Waals surface area contributed by atoms with Crippen LogP contribution in [0.4, 0.5) is 0 Å². The van der Waals surface area contributed by atoms with Crippen molar-refractivity contribution in [2.75, 3.05) is 6.61 Å². The lowest BCUT2D eigenvalue weighted by Crippen LogP contribution is -2.53. The normalized spacial score (nSPS) is 26.2. The molecule has 7 N–H and O–H groups in total. The van der Waals surface area contributed by atoms with Crippen LogP contribution in [0.2, 0.25) is 0 Å². The predicted molar refractivity (Wildman–Crippen MR) is 164 cm³/mol. The summed E-state index contributed by atoms with van der Waals surface area (Å²) in [6, 6.07) is 32.7. The number of fused-ring (bicyclic) bond motifs is 1. The van der Waals surface area contributed by atoms with Gasteiger partial charge in [0.1, 0.15) is 24.6 Å². The molecular formula is C32H32B2O10-2. The minimum Gasteiger partial charge on any atom is -0.556 e. The zero-order chi connectivity index (χ0) is 31.1. The van der Waals surface area contributed by atoms with E-state index in [0.29, 0.717) is 5.46 Å². The number of aliphatic hydroxyl groups excluding tert-OH is 3. The lowest BCUT2D eigenvalue weighted by molar-refractivity contribution is -0.130. The summed E-state index contributed by atoms with van der Waals surface area (Å²) in [5.41, 5.74) is 5.29. The lowest BCUT2D eigenvalue weighted by Gasteiger charge is -2.33. The maximum atomic E-state index is 11.3. The highest BCUT2D eigenvalue weighted by atomic mass is 16.8. The number of hydrogen-bond acceptors (Lipinski definition) is 10. The molecule has 2 aliphatic heterocycles. The van der Waals surface area contributed by atoms with Crippen LogP contribution in [0.1, 0.15) is 22.3 Å². The van der Waals surface area contributed by atoms with E-state index in [1.807, 2.05) is 72.8 Å². The van der Waals surface area contributed by atoms with Crippen molar-refractivity contribution in [3.05, 3.63) is 131 Å². The molecule has 0 aliphatic carbocycles. The Labute approximate surface area is 253 Å². The average molecular weight is 598 g/mol. The van der Waals surface area contributed by atoms with Crippen molar-refractivity contribution in [3.63, 3.8) is 0 Å². The van der Waals surface area contributed by atoms with Crippen molar-refractivity contribution >= 4 is 35.6 Å². The maximum Gasteiger partial charge on any atom is 0.409 e. The van der Waals surface area contributed by atoms with E-state index in [2.05, 4.69) is 0 Å². The molecule has 228 valence electrons. The Morgan fingerprint density at radius 2 is 1.18 bits per heavy atom. The van der Waals surface area contributed by atoms with Crippen LogP contribution in [0.15, 0.2) is 109 Å². The van der Waals surface area contributed by atoms with Crippen LogP contribution in [0.3, 0.4) is 0 Å². The Morgan fingerprint density at radius 1 is 0.705 bits per heavy atom. The largest absolute Gasteiger partial charge is 0.556 e. The molecule has 44 heavy (non-hydrogen) atoms. The van der Waals surface area contributed by atoms with E-state index in [-0.39, 0.29) is 5.46 Å². The van der Waals surface area contributed by atoms with Gasteiger partial charge in [0.15, 0.2) is 0 Å². The molecule has 1 unspecified atom stereocenters. The van der Waals surface area contributed by atoms with Crippen LogP contribution in [0.5, 0.6) is 0 Å². The molecule has 0 aromatic heterocycles. The van der Waals surface area contributed by atoms with Gasteiger partial charge in [-0.1, -0.05) is 109 Å². The van der Waals surface area contributed by atoms with Gasteiger partial charge in [0.25, 0.3) is 0 Å². The van der Waals surface area contributed by atoms with Gasteiger partial charge in [0, 0.05) is 0 Å². The molecule has 2 aliphatic rings. The molecule has 0 radical (unpaired) electrons. The molecule has 6 rings (SSSR count). The second-order valence-electron chi connectivity index (χ2n) is 11.1. The third-order valence-corrected chi connectivity index (χ3v) is 8.10. The van der Waals surface area contributed by atoms with Crippen molar-refractivity contribution < 1.29 is 49.5 Å². The molecule has 4 aromatic rings. The van der Waals surface area contributed by atoms with Crippen LogP contribution in [0, 0.1) is 0 Å². The van der Waals surface area contributed by atoms with Gasteiger partial charge in [0.05, 0.1) is 12.7 Å². The molecular weight excluding hydrogens is 566 g/mol. The van der Waals surface area contributed by atoms with E-state index in [4.69, 9.17) is 14.0 Å². The van der Waals surface area contributed by atoms with Crippen molar-refractivity contribution in [1.82, 2.24) is 0 Å². The maximum absolute atomic E-state index is 11.3. The summed E-state index contributed by atoms with van der Waals surface area (Å²) < 4.78 is 17.0. The fraction of sp³-hybridized carbons (Fsp3) is 0.188. The van der Waals surface area contributed by atoms with Gasteiger partial charge < -0.3 is 49.5 Å². The van der Waals surface area contributed by atoms with Crippen molar-refractivity contribution in [1.29, 1.82) is 0 Å². The second-order valence-corrected chi connectivity index (χ2v) is 11.1. The topological polar surface area (TPSA) is 169 Å². The second kappa shape index (κ2) is 12.0. The SMILES string of the molecule is OC[C@@H](O)[C@H]1O[C@@H]2O[B-](O)(c3ccc(/C(=C(\c4ccccc4)c4ccc([B-](O)(O)O)cc4)c4ccccc4)cc3)O[C@H]2[C@H]1O. The van der Waals surface area contributed by atoms with Gasteiger partial charge in [-0.15, -0.1) is 10.9 Å². The summed E-state index contributed by atoms with van der Waals surface area (Å²) in [4.78, 5) is 0. The van der Waals surface area contributed by atoms with Gasteiger partial charge >= 0.3 is 13.5 Å². The lowest BCUT2D eigenvalue weighted by atomic mass is 9.69. The van der Waals surface area contributed by atoms with E-state index in [1.165, 1.54) is 12.1 Å². The predicted octanol–water partition coefficient (Wildman–Crippen LogP) is -0.191. The molecule has 10 nitrogen and oxygen atoms in total. The molecule has 0 saturated carbocycles. The van der Waals surface area contributed by atoms with E-state index >= 15 is 0 Å². The number of benzene rings is 4. The van der Waals surface area contributed by atoms with E-state index in [0.717, 1.165) is 33.4 Å². The van der Waals surface area contributed by atoms with E-state index in [1.54, 1.807) is 24.3 Å². The van der Waals surface area contributed by atoms with Gasteiger partial charge in [-0.3, -0.25) is 0 Å². The molecule has 6 atom stereocenters. The molecule has 0 bridgehead atoms. The first-order valence-corrected chi connectivity index (χ1v) is 14.3. The zero-order valence-corrected chi connectivity index (χ0v) is 23.5. The minimum atomic E-state index is -3.65. The molecule has 2 heterocycles. The number of ether oxygens (including phenoxy) is 1. The quantitative estimate of drug-likeness (QED) is 0.107. The van der Waals surface area contributed by atoms with Crippen LogP contribution in [-0.4, -0.2) is 86.2 Å². The van der Waals surface area contributed by atoms with Crippen molar-refractivity contribution in [2.45, 2.75) is 30.7 Å². The summed E-state index contributed by atoms with van der Waals surface area (Å²) in [5, 5.41) is 70.2. The summed E-state index contributed by atoms with van der Waals surface area (Å²) in [5.74, 6) is 0. The van der Waals surface area contributed by atoms with Crippen molar-refractivity contribution in [3.8, 4) is 0 Å². The summed E-state index contributed by atoms with van der Waals surface area (Å²) in [7, 11) is 0. The van der Waals surface area contributed by atoms with Gasteiger partial charge in [-0.25, -0.2) is 0 Å². The van der Waals surface area contributed by atoms with Gasteiger partial charge in [0.2, 0.25) is 0 Å². The monoisotopic (exact) mass is 598 g/mol. The van der Waals surface area contributed by atoms with Gasteiger partial charge in [-0.05, 0) is 33.4 Å². The Hall–Kier alpha value is -3.65. The fourth-order valence-corrected chi connectivity index (χ4v) is 5.84. The minimum absolute atomic E-state index is 0.0186. The van der Waals surface area contributed by atoms with Crippen LogP contribution < -0.4 is 10.9 Å². The third kappa shape index (κ3) is 5.76. The highest BCUT2D eigenvalue weighted by Crippen LogP contribution is 2.38. The van der Waals surface area contributed by atoms with E-state index in [9.17, 15) is 35.4 Å². The van der Waals surface area contributed by atoms with Crippen molar-refractivity contribution in [2.24, 2.45) is 0 Å². The number of rotatable bonds is 8. The van der Waals surface area contributed by atoms with Crippen LogP contribution in [-0.2, 0) is 14.0 Å². The zero-order valence-electron chi connectivity index (χ0n) is 23.5. The summed E-state index contributed by atoms with van der Waals surface area (Å²) in [6.07, 6.45) is -5.97. The van der Waals surface area contributed by atoms with E-state index < -0.39 is 50.8 Å². The average Bonchev–Trinajstić information content (AvgIpc) is 3.54. The molecule has 2 fully saturated rings. The summed E-state index contributed by atoms with van der Waals surface area (Å²) >= 11 is 0. The van der Waals surface area contributed by atoms with Crippen LogP contribution >= 0.6 is 0 Å². The highest BCUT2D eigenvalue weighted by Gasteiger charge is 2.55. The Morgan fingerprint density at radius 3 is 1.64 bits per heavy atom. The smallest absolute Gasteiger partial charge is 0.409 e. The molecule has 0 spiro atoms. The first-order valence-electron chi connectivity index (χ1n) is 14.3. The Balaban J connectivity index is 1.42. The standard InChI is InChI=1S/C32H32B2O10/c35-19-26(36)30-29(37)31-32(42-30)44-34(41,43-31)25-17-13-23(14-18-25)28(21-9-5-2-6-10-21)27(20-7-3-1-4-8-20)22-11-15-24(16-12-22)33(38,39)40/h1-18,26,29-32,35-41H,19H2/q-2/b28-27+/t26-,29+,30-,31+,32-,34?/m1/s1. The first-order chi connectivity index (χ1) is 21.1. The molecule has 2 saturated heterocycles. The first kappa shape index (κ1) is 30.4. The number of aliphatic hydroxyl groups is 3. The summed E-state index contributed by atoms with van der Waals surface area (Å²) in [6.45, 7) is -7.30. The Bertz CT molecular complexity index is 1610. The third-order valence-electron chi connectivity index (χ3n) is 8.10. The fourth-order valence-electron chi connectivity index (χ4n) is 5.84. The molecule has 0 amide bonds.